The molecule has 1 fully saturated rings. The van der Waals surface area contributed by atoms with Crippen molar-refractivity contribution in [3.63, 3.8) is 0 Å². The van der Waals surface area contributed by atoms with Gasteiger partial charge in [0, 0.05) is 31.7 Å². The van der Waals surface area contributed by atoms with Crippen molar-refractivity contribution >= 4 is 5.91 Å². The van der Waals surface area contributed by atoms with Gasteiger partial charge in [-0.1, -0.05) is 6.92 Å². The quantitative estimate of drug-likeness (QED) is 0.714. The van der Waals surface area contributed by atoms with Crippen LogP contribution < -0.4 is 5.32 Å². The van der Waals surface area contributed by atoms with Gasteiger partial charge >= 0.3 is 0 Å². The van der Waals surface area contributed by atoms with Crippen LogP contribution in [0, 0.1) is 0 Å². The van der Waals surface area contributed by atoms with Gasteiger partial charge in [-0.05, 0) is 26.3 Å². The standard InChI is InChI=1S/C14H24N4O/c1-3-15-8-7-12-9-17(11-16-12)10-14(19)18(4-2)13-5-6-13/h9,11,13,15H,3-8,10H2,1-2H3. The van der Waals surface area contributed by atoms with E-state index in [-0.39, 0.29) is 5.91 Å². The van der Waals surface area contributed by atoms with Gasteiger partial charge in [0.25, 0.3) is 0 Å². The minimum absolute atomic E-state index is 0.209. The predicted octanol–water partition coefficient (Wildman–Crippen LogP) is 1.05. The monoisotopic (exact) mass is 264 g/mol. The third kappa shape index (κ3) is 4.06. The van der Waals surface area contributed by atoms with Gasteiger partial charge < -0.3 is 14.8 Å². The fraction of sp³-hybridized carbons (Fsp3) is 0.714. The van der Waals surface area contributed by atoms with Crippen LogP contribution in [0.5, 0.6) is 0 Å². The fourth-order valence-electron chi connectivity index (χ4n) is 2.29. The van der Waals surface area contributed by atoms with Gasteiger partial charge in [-0.15, -0.1) is 0 Å². The largest absolute Gasteiger partial charge is 0.338 e. The van der Waals surface area contributed by atoms with E-state index >= 15 is 0 Å². The molecule has 1 N–H and O–H groups in total. The van der Waals surface area contributed by atoms with Gasteiger partial charge in [-0.3, -0.25) is 4.79 Å². The molecule has 0 unspecified atom stereocenters. The van der Waals surface area contributed by atoms with E-state index in [4.69, 9.17) is 0 Å². The summed E-state index contributed by atoms with van der Waals surface area (Å²) in [7, 11) is 0. The highest BCUT2D eigenvalue weighted by Crippen LogP contribution is 2.26. The summed E-state index contributed by atoms with van der Waals surface area (Å²) in [5.74, 6) is 0.209. The Bertz CT molecular complexity index is 411. The minimum Gasteiger partial charge on any atom is -0.338 e. The maximum Gasteiger partial charge on any atom is 0.242 e. The molecule has 0 atom stereocenters. The van der Waals surface area contributed by atoms with Crippen molar-refractivity contribution in [3.05, 3.63) is 18.2 Å². The molecule has 106 valence electrons. The second kappa shape index (κ2) is 6.70. The Balaban J connectivity index is 1.83. The Morgan fingerprint density at radius 1 is 1.53 bits per heavy atom. The van der Waals surface area contributed by atoms with E-state index in [0.29, 0.717) is 12.6 Å². The lowest BCUT2D eigenvalue weighted by Gasteiger charge is -2.20. The lowest BCUT2D eigenvalue weighted by atomic mass is 10.3. The average molecular weight is 264 g/mol. The summed E-state index contributed by atoms with van der Waals surface area (Å²) in [6.45, 7) is 7.28. The molecule has 2 rings (SSSR count). The predicted molar refractivity (Wildman–Crippen MR) is 74.9 cm³/mol. The van der Waals surface area contributed by atoms with Crippen molar-refractivity contribution in [3.8, 4) is 0 Å². The van der Waals surface area contributed by atoms with E-state index in [1.54, 1.807) is 6.33 Å². The number of hydrogen-bond donors (Lipinski definition) is 1. The van der Waals surface area contributed by atoms with E-state index in [0.717, 1.165) is 44.6 Å². The van der Waals surface area contributed by atoms with Crippen LogP contribution >= 0.6 is 0 Å². The molecular formula is C14H24N4O. The first-order chi connectivity index (χ1) is 9.24. The normalized spacial score (nSPS) is 14.6. The van der Waals surface area contributed by atoms with E-state index in [2.05, 4.69) is 17.2 Å². The molecule has 1 heterocycles. The number of aromatic nitrogens is 2. The zero-order chi connectivity index (χ0) is 13.7. The molecule has 5 heteroatoms. The average Bonchev–Trinajstić information content (AvgIpc) is 3.12. The first-order valence-corrected chi connectivity index (χ1v) is 7.25. The number of rotatable bonds is 8. The molecular weight excluding hydrogens is 240 g/mol. The SMILES string of the molecule is CCNCCc1cn(CC(=O)N(CC)C2CC2)cn1. The van der Waals surface area contributed by atoms with E-state index in [9.17, 15) is 4.79 Å². The summed E-state index contributed by atoms with van der Waals surface area (Å²) < 4.78 is 1.90. The highest BCUT2D eigenvalue weighted by atomic mass is 16.2. The zero-order valence-corrected chi connectivity index (χ0v) is 11.9. The number of amides is 1. The van der Waals surface area contributed by atoms with Gasteiger partial charge in [-0.25, -0.2) is 4.98 Å². The Labute approximate surface area is 115 Å². The molecule has 0 aromatic carbocycles. The third-order valence-corrected chi connectivity index (χ3v) is 3.46. The number of carbonyl (C=O) groups is 1. The van der Waals surface area contributed by atoms with E-state index < -0.39 is 0 Å². The van der Waals surface area contributed by atoms with Crippen molar-refractivity contribution in [2.45, 2.75) is 45.7 Å². The van der Waals surface area contributed by atoms with Crippen LogP contribution in [0.3, 0.4) is 0 Å². The molecule has 0 spiro atoms. The second-order valence-electron chi connectivity index (χ2n) is 5.05. The maximum atomic E-state index is 12.2. The molecule has 1 aromatic rings. The van der Waals surface area contributed by atoms with Gasteiger partial charge in [-0.2, -0.15) is 0 Å². The van der Waals surface area contributed by atoms with Gasteiger partial charge in [0.2, 0.25) is 5.91 Å². The molecule has 0 bridgehead atoms. The summed E-state index contributed by atoms with van der Waals surface area (Å²) in [4.78, 5) is 18.5. The molecule has 0 saturated heterocycles. The van der Waals surface area contributed by atoms with E-state index in [1.165, 1.54) is 0 Å². The highest BCUT2D eigenvalue weighted by Gasteiger charge is 2.31. The van der Waals surface area contributed by atoms with Gasteiger partial charge in [0.15, 0.2) is 0 Å². The van der Waals surface area contributed by atoms with Crippen molar-refractivity contribution in [2.24, 2.45) is 0 Å². The van der Waals surface area contributed by atoms with Crippen molar-refractivity contribution < 1.29 is 4.79 Å². The van der Waals surface area contributed by atoms with Crippen LogP contribution in [0.2, 0.25) is 0 Å². The highest BCUT2D eigenvalue weighted by molar-refractivity contribution is 5.76. The van der Waals surface area contributed by atoms with E-state index in [1.807, 2.05) is 22.6 Å². The molecule has 1 aliphatic rings. The smallest absolute Gasteiger partial charge is 0.242 e. The number of carbonyl (C=O) groups excluding carboxylic acids is 1. The number of imidazole rings is 1. The lowest BCUT2D eigenvalue weighted by molar-refractivity contribution is -0.132. The number of nitrogens with one attached hydrogen (secondary N) is 1. The van der Waals surface area contributed by atoms with Crippen LogP contribution in [0.15, 0.2) is 12.5 Å². The summed E-state index contributed by atoms with van der Waals surface area (Å²) >= 11 is 0. The molecule has 1 aromatic heterocycles. The summed E-state index contributed by atoms with van der Waals surface area (Å²) in [6, 6.07) is 0.495. The molecule has 1 aliphatic carbocycles. The zero-order valence-electron chi connectivity index (χ0n) is 11.9. The lowest BCUT2D eigenvalue weighted by Crippen LogP contribution is -2.35. The Morgan fingerprint density at radius 3 is 2.95 bits per heavy atom. The second-order valence-corrected chi connectivity index (χ2v) is 5.05. The number of hydrogen-bond acceptors (Lipinski definition) is 3. The topological polar surface area (TPSA) is 50.2 Å². The van der Waals surface area contributed by atoms with Crippen LogP contribution in [-0.2, 0) is 17.8 Å². The maximum absolute atomic E-state index is 12.2. The van der Waals surface area contributed by atoms with Gasteiger partial charge in [0.05, 0.1) is 12.0 Å². The first kappa shape index (κ1) is 14.1. The van der Waals surface area contributed by atoms with Crippen molar-refractivity contribution in [1.29, 1.82) is 0 Å². The fourth-order valence-corrected chi connectivity index (χ4v) is 2.29. The number of likely N-dealkylation sites (N-methyl/N-ethyl adjacent to an activating group) is 2. The molecule has 19 heavy (non-hydrogen) atoms. The molecule has 1 amide bonds. The van der Waals surface area contributed by atoms with Crippen LogP contribution in [0.1, 0.15) is 32.4 Å². The Kier molecular flexibility index (Phi) is 4.96. The summed E-state index contributed by atoms with van der Waals surface area (Å²) in [5, 5.41) is 3.27. The molecule has 0 aliphatic heterocycles. The first-order valence-electron chi connectivity index (χ1n) is 7.25. The number of nitrogens with zero attached hydrogens (tertiary/aromatic N) is 3. The Morgan fingerprint density at radius 2 is 2.32 bits per heavy atom. The third-order valence-electron chi connectivity index (χ3n) is 3.46. The molecule has 5 nitrogen and oxygen atoms in total. The van der Waals surface area contributed by atoms with Crippen LogP contribution in [0.25, 0.3) is 0 Å². The van der Waals surface area contributed by atoms with Crippen molar-refractivity contribution in [2.75, 3.05) is 19.6 Å². The molecule has 0 radical (unpaired) electrons. The van der Waals surface area contributed by atoms with Gasteiger partial charge in [0.1, 0.15) is 6.54 Å². The van der Waals surface area contributed by atoms with Crippen LogP contribution in [-0.4, -0.2) is 46.0 Å². The Hall–Kier alpha value is -1.36. The van der Waals surface area contributed by atoms with Crippen molar-refractivity contribution in [1.82, 2.24) is 19.8 Å². The minimum atomic E-state index is 0.209. The summed E-state index contributed by atoms with van der Waals surface area (Å²) in [6.07, 6.45) is 6.99. The van der Waals surface area contributed by atoms with Crippen LogP contribution in [0.4, 0.5) is 0 Å². The summed E-state index contributed by atoms with van der Waals surface area (Å²) in [5.41, 5.74) is 1.04. The molecule has 1 saturated carbocycles.